The highest BCUT2D eigenvalue weighted by atomic mass is 32.2. The molecule has 7 heteroatoms. The van der Waals surface area contributed by atoms with Crippen LogP contribution in [-0.2, 0) is 6.42 Å². The number of thioether (sulfide) groups is 1. The minimum Gasteiger partial charge on any atom is -0.497 e. The molecule has 1 aliphatic heterocycles. The van der Waals surface area contributed by atoms with Gasteiger partial charge in [-0.1, -0.05) is 11.8 Å². The zero-order chi connectivity index (χ0) is 17.9. The van der Waals surface area contributed by atoms with Gasteiger partial charge in [0.05, 0.1) is 19.5 Å². The van der Waals surface area contributed by atoms with Crippen molar-refractivity contribution < 1.29 is 18.7 Å². The molecule has 2 heterocycles. The van der Waals surface area contributed by atoms with E-state index in [1.165, 1.54) is 11.8 Å². The molecular weight excluding hydrogens is 352 g/mol. The normalized spacial score (nSPS) is 12.5. The standard InChI is InChI=1S/C19H16N2O4S/c1-23-15-5-2-12(3-6-15)18-20-21-19(25-18)26-11-16(22)13-4-7-17-14(10-13)8-9-24-17/h2-7,10H,8-9,11H2,1H3. The van der Waals surface area contributed by atoms with E-state index < -0.39 is 0 Å². The summed E-state index contributed by atoms with van der Waals surface area (Å²) < 4.78 is 16.2. The summed E-state index contributed by atoms with van der Waals surface area (Å²) in [5.41, 5.74) is 2.56. The van der Waals surface area contributed by atoms with Gasteiger partial charge in [-0.05, 0) is 48.0 Å². The molecule has 1 aliphatic rings. The molecule has 0 spiro atoms. The predicted octanol–water partition coefficient (Wildman–Crippen LogP) is 3.66. The molecule has 0 fully saturated rings. The van der Waals surface area contributed by atoms with Crippen LogP contribution in [0.2, 0.25) is 0 Å². The molecule has 0 radical (unpaired) electrons. The predicted molar refractivity (Wildman–Crippen MR) is 97.0 cm³/mol. The first-order chi connectivity index (χ1) is 12.7. The molecule has 0 saturated carbocycles. The number of ketones is 1. The lowest BCUT2D eigenvalue weighted by molar-refractivity contribution is 0.102. The highest BCUT2D eigenvalue weighted by Gasteiger charge is 2.16. The number of benzene rings is 2. The average Bonchev–Trinajstić information content (AvgIpc) is 3.35. The van der Waals surface area contributed by atoms with Gasteiger partial charge < -0.3 is 13.9 Å². The first-order valence-corrected chi connectivity index (χ1v) is 9.11. The first kappa shape index (κ1) is 16.7. The second-order valence-electron chi connectivity index (χ2n) is 5.73. The molecule has 0 bridgehead atoms. The number of hydrogen-bond acceptors (Lipinski definition) is 7. The third-order valence-electron chi connectivity index (χ3n) is 4.08. The van der Waals surface area contributed by atoms with Crippen molar-refractivity contribution >= 4 is 17.5 Å². The van der Waals surface area contributed by atoms with Crippen molar-refractivity contribution in [3.05, 3.63) is 53.6 Å². The van der Waals surface area contributed by atoms with Crippen molar-refractivity contribution in [3.8, 4) is 23.0 Å². The Morgan fingerprint density at radius 3 is 2.85 bits per heavy atom. The average molecular weight is 368 g/mol. The molecular formula is C19H16N2O4S. The molecule has 0 amide bonds. The number of rotatable bonds is 6. The minimum atomic E-state index is 0.0221. The molecule has 6 nitrogen and oxygen atoms in total. The fourth-order valence-corrected chi connectivity index (χ4v) is 3.35. The van der Waals surface area contributed by atoms with E-state index in [1.54, 1.807) is 13.2 Å². The monoisotopic (exact) mass is 368 g/mol. The number of methoxy groups -OCH3 is 1. The number of fused-ring (bicyclic) bond motifs is 1. The maximum Gasteiger partial charge on any atom is 0.277 e. The maximum atomic E-state index is 12.4. The van der Waals surface area contributed by atoms with E-state index in [0.29, 0.717) is 23.3 Å². The van der Waals surface area contributed by atoms with Crippen LogP contribution in [0.4, 0.5) is 0 Å². The third kappa shape index (κ3) is 3.43. The molecule has 1 aromatic heterocycles. The van der Waals surface area contributed by atoms with Crippen molar-refractivity contribution in [2.24, 2.45) is 0 Å². The summed E-state index contributed by atoms with van der Waals surface area (Å²) in [5.74, 6) is 2.30. The van der Waals surface area contributed by atoms with Crippen LogP contribution in [0.15, 0.2) is 52.1 Å². The van der Waals surface area contributed by atoms with Crippen LogP contribution in [0.1, 0.15) is 15.9 Å². The topological polar surface area (TPSA) is 74.5 Å². The van der Waals surface area contributed by atoms with Crippen molar-refractivity contribution in [1.82, 2.24) is 10.2 Å². The fraction of sp³-hybridized carbons (Fsp3) is 0.211. The SMILES string of the molecule is COc1ccc(-c2nnc(SCC(=O)c3ccc4c(c3)CCO4)o2)cc1. The summed E-state index contributed by atoms with van der Waals surface area (Å²) in [6.45, 7) is 0.678. The van der Waals surface area contributed by atoms with E-state index in [4.69, 9.17) is 13.9 Å². The number of carbonyl (C=O) groups excluding carboxylic acids is 1. The summed E-state index contributed by atoms with van der Waals surface area (Å²) in [4.78, 5) is 12.4. The van der Waals surface area contributed by atoms with Gasteiger partial charge in [-0.25, -0.2) is 0 Å². The van der Waals surface area contributed by atoms with Crippen molar-refractivity contribution in [1.29, 1.82) is 0 Å². The molecule has 0 aliphatic carbocycles. The third-order valence-corrected chi connectivity index (χ3v) is 4.90. The Labute approximate surface area is 154 Å². The summed E-state index contributed by atoms with van der Waals surface area (Å²) in [5, 5.41) is 8.40. The highest BCUT2D eigenvalue weighted by molar-refractivity contribution is 7.99. The van der Waals surface area contributed by atoms with Gasteiger partial charge in [0.25, 0.3) is 5.22 Å². The quantitative estimate of drug-likeness (QED) is 0.485. The molecule has 3 aromatic rings. The Balaban J connectivity index is 1.40. The number of Topliss-reactive ketones (excluding diaryl/α,β-unsaturated/α-hetero) is 1. The van der Waals surface area contributed by atoms with Gasteiger partial charge in [0, 0.05) is 17.5 Å². The Morgan fingerprint density at radius 2 is 2.04 bits per heavy atom. The van der Waals surface area contributed by atoms with E-state index >= 15 is 0 Å². The van der Waals surface area contributed by atoms with Crippen molar-refractivity contribution in [2.45, 2.75) is 11.6 Å². The minimum absolute atomic E-state index is 0.0221. The van der Waals surface area contributed by atoms with E-state index in [1.807, 2.05) is 36.4 Å². The lowest BCUT2D eigenvalue weighted by Gasteiger charge is -2.02. The second-order valence-corrected chi connectivity index (χ2v) is 6.66. The zero-order valence-electron chi connectivity index (χ0n) is 14.1. The molecule has 132 valence electrons. The van der Waals surface area contributed by atoms with Crippen LogP contribution in [0.3, 0.4) is 0 Å². The van der Waals surface area contributed by atoms with E-state index in [2.05, 4.69) is 10.2 Å². The molecule has 26 heavy (non-hydrogen) atoms. The number of hydrogen-bond donors (Lipinski definition) is 0. The van der Waals surface area contributed by atoms with Gasteiger partial charge >= 0.3 is 0 Å². The molecule has 4 rings (SSSR count). The van der Waals surface area contributed by atoms with Gasteiger partial charge in [0.1, 0.15) is 11.5 Å². The molecule has 0 N–H and O–H groups in total. The molecule has 0 unspecified atom stereocenters. The van der Waals surface area contributed by atoms with Crippen LogP contribution in [0.25, 0.3) is 11.5 Å². The van der Waals surface area contributed by atoms with Gasteiger partial charge in [-0.2, -0.15) is 0 Å². The molecule has 0 atom stereocenters. The van der Waals surface area contributed by atoms with Crippen LogP contribution in [0, 0.1) is 0 Å². The molecule has 2 aromatic carbocycles. The lowest BCUT2D eigenvalue weighted by Crippen LogP contribution is -2.02. The van der Waals surface area contributed by atoms with Crippen LogP contribution < -0.4 is 9.47 Å². The van der Waals surface area contributed by atoms with Crippen LogP contribution >= 0.6 is 11.8 Å². The number of ether oxygens (including phenoxy) is 2. The largest absolute Gasteiger partial charge is 0.497 e. The van der Waals surface area contributed by atoms with E-state index in [0.717, 1.165) is 29.0 Å². The Kier molecular flexibility index (Phi) is 4.62. The van der Waals surface area contributed by atoms with Gasteiger partial charge in [0.15, 0.2) is 5.78 Å². The van der Waals surface area contributed by atoms with Crippen LogP contribution in [-0.4, -0.2) is 35.5 Å². The zero-order valence-corrected chi connectivity index (χ0v) is 14.9. The number of nitrogens with zero attached hydrogens (tertiary/aromatic N) is 2. The maximum absolute atomic E-state index is 12.4. The summed E-state index contributed by atoms with van der Waals surface area (Å²) >= 11 is 1.23. The fourth-order valence-electron chi connectivity index (χ4n) is 2.69. The van der Waals surface area contributed by atoms with Crippen LogP contribution in [0.5, 0.6) is 11.5 Å². The second kappa shape index (κ2) is 7.21. The van der Waals surface area contributed by atoms with Crippen molar-refractivity contribution in [2.75, 3.05) is 19.5 Å². The molecule has 0 saturated heterocycles. The summed E-state index contributed by atoms with van der Waals surface area (Å²) in [6.07, 6.45) is 0.846. The summed E-state index contributed by atoms with van der Waals surface area (Å²) in [7, 11) is 1.61. The summed E-state index contributed by atoms with van der Waals surface area (Å²) in [6, 6.07) is 12.9. The van der Waals surface area contributed by atoms with Gasteiger partial charge in [0.2, 0.25) is 5.89 Å². The number of carbonyl (C=O) groups is 1. The Bertz CT molecular complexity index is 937. The smallest absolute Gasteiger partial charge is 0.277 e. The van der Waals surface area contributed by atoms with E-state index in [9.17, 15) is 4.79 Å². The van der Waals surface area contributed by atoms with E-state index in [-0.39, 0.29) is 11.5 Å². The van der Waals surface area contributed by atoms with Gasteiger partial charge in [-0.3, -0.25) is 4.79 Å². The highest BCUT2D eigenvalue weighted by Crippen LogP contribution is 2.28. The number of aromatic nitrogens is 2. The van der Waals surface area contributed by atoms with Crippen molar-refractivity contribution in [3.63, 3.8) is 0 Å². The first-order valence-electron chi connectivity index (χ1n) is 8.12. The lowest BCUT2D eigenvalue weighted by atomic mass is 10.1. The van der Waals surface area contributed by atoms with Gasteiger partial charge in [-0.15, -0.1) is 10.2 Å². The Morgan fingerprint density at radius 1 is 1.19 bits per heavy atom. The Hall–Kier alpha value is -2.80.